The number of rotatable bonds is 3. The monoisotopic (exact) mass is 378 g/mol. The summed E-state index contributed by atoms with van der Waals surface area (Å²) in [6.07, 6.45) is 0.827. The van der Waals surface area contributed by atoms with Crippen molar-refractivity contribution in [2.75, 3.05) is 26.4 Å². The van der Waals surface area contributed by atoms with Crippen molar-refractivity contribution < 1.29 is 23.9 Å². The lowest BCUT2D eigenvalue weighted by Crippen LogP contribution is -2.41. The Bertz CT molecular complexity index is 967. The summed E-state index contributed by atoms with van der Waals surface area (Å²) in [4.78, 5) is 40.4. The minimum absolute atomic E-state index is 0.195. The van der Waals surface area contributed by atoms with Crippen LogP contribution in [0.3, 0.4) is 0 Å². The van der Waals surface area contributed by atoms with Gasteiger partial charge in [0, 0.05) is 19.0 Å². The Kier molecular flexibility index (Phi) is 3.82. The van der Waals surface area contributed by atoms with E-state index in [1.807, 2.05) is 18.2 Å². The van der Waals surface area contributed by atoms with Gasteiger partial charge in [0.05, 0.1) is 11.1 Å². The minimum Gasteiger partial charge on any atom is -0.454 e. The van der Waals surface area contributed by atoms with Gasteiger partial charge in [0.25, 0.3) is 11.8 Å². The highest BCUT2D eigenvalue weighted by Gasteiger charge is 2.38. The van der Waals surface area contributed by atoms with Crippen molar-refractivity contribution in [1.29, 1.82) is 0 Å². The van der Waals surface area contributed by atoms with Gasteiger partial charge in [0.2, 0.25) is 12.7 Å². The first-order chi connectivity index (χ1) is 13.6. The van der Waals surface area contributed by atoms with E-state index < -0.39 is 11.8 Å². The summed E-state index contributed by atoms with van der Waals surface area (Å²) in [6.45, 7) is 1.16. The van der Waals surface area contributed by atoms with Crippen molar-refractivity contribution in [2.45, 2.75) is 12.3 Å². The lowest BCUT2D eigenvalue weighted by atomic mass is 9.98. The fraction of sp³-hybridized carbons (Fsp3) is 0.286. The third-order valence-electron chi connectivity index (χ3n) is 5.58. The second kappa shape index (κ2) is 6.37. The summed E-state index contributed by atoms with van der Waals surface area (Å²) in [5.41, 5.74) is 1.82. The lowest BCUT2D eigenvalue weighted by Gasteiger charge is -2.20. The molecule has 2 aromatic rings. The third-order valence-corrected chi connectivity index (χ3v) is 5.58. The summed E-state index contributed by atoms with van der Waals surface area (Å²) in [6, 6.07) is 12.5. The summed E-state index contributed by atoms with van der Waals surface area (Å²) in [5.74, 6) is 0.646. The van der Waals surface area contributed by atoms with Crippen LogP contribution in [-0.2, 0) is 4.79 Å². The molecule has 0 bridgehead atoms. The van der Waals surface area contributed by atoms with Crippen molar-refractivity contribution in [1.82, 2.24) is 9.80 Å². The molecule has 28 heavy (non-hydrogen) atoms. The summed E-state index contributed by atoms with van der Waals surface area (Å²) in [7, 11) is 0. The molecule has 7 nitrogen and oxygen atoms in total. The molecule has 142 valence electrons. The molecule has 5 rings (SSSR count). The van der Waals surface area contributed by atoms with E-state index in [1.165, 1.54) is 0 Å². The Balaban J connectivity index is 1.26. The predicted molar refractivity (Wildman–Crippen MR) is 98.3 cm³/mol. The van der Waals surface area contributed by atoms with Crippen molar-refractivity contribution in [3.63, 3.8) is 0 Å². The fourth-order valence-electron chi connectivity index (χ4n) is 4.04. The molecule has 1 unspecified atom stereocenters. The summed E-state index contributed by atoms with van der Waals surface area (Å²) >= 11 is 0. The maximum Gasteiger partial charge on any atom is 0.262 e. The number of nitrogens with zero attached hydrogens (tertiary/aromatic N) is 2. The molecular weight excluding hydrogens is 360 g/mol. The van der Waals surface area contributed by atoms with Crippen LogP contribution in [0.25, 0.3) is 0 Å². The normalized spacial score (nSPS) is 20.1. The van der Waals surface area contributed by atoms with E-state index in [1.54, 1.807) is 29.2 Å². The third kappa shape index (κ3) is 2.62. The topological polar surface area (TPSA) is 76.2 Å². The molecule has 0 aliphatic carbocycles. The van der Waals surface area contributed by atoms with Crippen LogP contribution in [0, 0.1) is 0 Å². The highest BCUT2D eigenvalue weighted by molar-refractivity contribution is 6.22. The molecule has 3 aliphatic heterocycles. The number of likely N-dealkylation sites (tertiary alicyclic amines) is 1. The van der Waals surface area contributed by atoms with Crippen molar-refractivity contribution in [3.05, 3.63) is 59.2 Å². The van der Waals surface area contributed by atoms with Crippen LogP contribution in [-0.4, -0.2) is 53.9 Å². The molecule has 3 aliphatic rings. The highest BCUT2D eigenvalue weighted by atomic mass is 16.7. The van der Waals surface area contributed by atoms with Gasteiger partial charge in [-0.3, -0.25) is 19.3 Å². The first-order valence-corrected chi connectivity index (χ1v) is 9.24. The molecule has 0 radical (unpaired) electrons. The molecule has 2 aromatic carbocycles. The average Bonchev–Trinajstić information content (AvgIpc) is 3.43. The molecule has 3 amide bonds. The zero-order valence-corrected chi connectivity index (χ0v) is 15.1. The van der Waals surface area contributed by atoms with Crippen LogP contribution in [0.15, 0.2) is 42.5 Å². The van der Waals surface area contributed by atoms with Crippen molar-refractivity contribution in [3.8, 4) is 11.5 Å². The highest BCUT2D eigenvalue weighted by Crippen LogP contribution is 2.37. The Morgan fingerprint density at radius 2 is 1.71 bits per heavy atom. The van der Waals surface area contributed by atoms with Gasteiger partial charge in [-0.25, -0.2) is 0 Å². The number of carbonyl (C=O) groups is 3. The number of fused-ring (bicyclic) bond motifs is 2. The van der Waals surface area contributed by atoms with E-state index in [2.05, 4.69) is 0 Å². The molecule has 1 atom stereocenters. The van der Waals surface area contributed by atoms with E-state index in [0.717, 1.165) is 28.4 Å². The second-order valence-corrected chi connectivity index (χ2v) is 7.18. The van der Waals surface area contributed by atoms with E-state index in [4.69, 9.17) is 9.47 Å². The quantitative estimate of drug-likeness (QED) is 0.764. The SMILES string of the molecule is O=C(CN1C(=O)c2ccccc2C1=O)N1CCC(c2ccc3c(c2)OCO3)C1. The largest absolute Gasteiger partial charge is 0.454 e. The number of hydrogen-bond donors (Lipinski definition) is 0. The number of ether oxygens (including phenoxy) is 2. The fourth-order valence-corrected chi connectivity index (χ4v) is 4.04. The van der Waals surface area contributed by atoms with Gasteiger partial charge in [-0.15, -0.1) is 0 Å². The van der Waals surface area contributed by atoms with Gasteiger partial charge in [-0.1, -0.05) is 18.2 Å². The number of carbonyl (C=O) groups excluding carboxylic acids is 3. The summed E-state index contributed by atoms with van der Waals surface area (Å²) < 4.78 is 10.8. The van der Waals surface area contributed by atoms with Gasteiger partial charge in [0.15, 0.2) is 11.5 Å². The van der Waals surface area contributed by atoms with Crippen LogP contribution < -0.4 is 9.47 Å². The first kappa shape index (κ1) is 16.8. The average molecular weight is 378 g/mol. The zero-order valence-electron chi connectivity index (χ0n) is 15.1. The molecule has 0 N–H and O–H groups in total. The lowest BCUT2D eigenvalue weighted by molar-refractivity contribution is -0.130. The molecule has 1 saturated heterocycles. The van der Waals surface area contributed by atoms with Gasteiger partial charge in [-0.2, -0.15) is 0 Å². The predicted octanol–water partition coefficient (Wildman–Crippen LogP) is 2.03. The summed E-state index contributed by atoms with van der Waals surface area (Å²) in [5, 5.41) is 0. The standard InChI is InChI=1S/C21H18N2O5/c24-19(11-23-20(25)15-3-1-2-4-16(15)21(23)26)22-8-7-14(10-22)13-5-6-17-18(9-13)28-12-27-17/h1-6,9,14H,7-8,10-12H2. The van der Waals surface area contributed by atoms with E-state index in [-0.39, 0.29) is 25.2 Å². The van der Waals surface area contributed by atoms with E-state index >= 15 is 0 Å². The zero-order chi connectivity index (χ0) is 19.3. The minimum atomic E-state index is -0.402. The van der Waals surface area contributed by atoms with Crippen LogP contribution in [0.1, 0.15) is 38.6 Å². The van der Waals surface area contributed by atoms with Gasteiger partial charge >= 0.3 is 0 Å². The van der Waals surface area contributed by atoms with Gasteiger partial charge < -0.3 is 14.4 Å². The molecule has 3 heterocycles. The number of hydrogen-bond acceptors (Lipinski definition) is 5. The molecule has 7 heteroatoms. The Hall–Kier alpha value is -3.35. The van der Waals surface area contributed by atoms with Crippen LogP contribution in [0.5, 0.6) is 11.5 Å². The van der Waals surface area contributed by atoms with Crippen LogP contribution >= 0.6 is 0 Å². The smallest absolute Gasteiger partial charge is 0.262 e. The molecular formula is C21H18N2O5. The van der Waals surface area contributed by atoms with Gasteiger partial charge in [0.1, 0.15) is 6.54 Å². The number of imide groups is 1. The van der Waals surface area contributed by atoms with Gasteiger partial charge in [-0.05, 0) is 36.2 Å². The molecule has 0 saturated carbocycles. The Labute approximate surface area is 161 Å². The number of amides is 3. The van der Waals surface area contributed by atoms with Crippen molar-refractivity contribution >= 4 is 17.7 Å². The van der Waals surface area contributed by atoms with Crippen LogP contribution in [0.2, 0.25) is 0 Å². The van der Waals surface area contributed by atoms with Crippen molar-refractivity contribution in [2.24, 2.45) is 0 Å². The first-order valence-electron chi connectivity index (χ1n) is 9.24. The van der Waals surface area contributed by atoms with E-state index in [0.29, 0.717) is 24.2 Å². The second-order valence-electron chi connectivity index (χ2n) is 7.18. The molecule has 0 aromatic heterocycles. The maximum atomic E-state index is 12.7. The van der Waals surface area contributed by atoms with Crippen LogP contribution in [0.4, 0.5) is 0 Å². The maximum absolute atomic E-state index is 12.7. The molecule has 0 spiro atoms. The Morgan fingerprint density at radius 1 is 1.00 bits per heavy atom. The molecule has 1 fully saturated rings. The number of benzene rings is 2. The Morgan fingerprint density at radius 3 is 2.46 bits per heavy atom. The van der Waals surface area contributed by atoms with E-state index in [9.17, 15) is 14.4 Å².